The zero-order chi connectivity index (χ0) is 12.3. The van der Waals surface area contributed by atoms with E-state index in [0.717, 1.165) is 42.5 Å². The molecule has 0 amide bonds. The van der Waals surface area contributed by atoms with Crippen molar-refractivity contribution in [1.29, 1.82) is 0 Å². The molecule has 0 saturated carbocycles. The van der Waals surface area contributed by atoms with E-state index in [1.54, 1.807) is 0 Å². The van der Waals surface area contributed by atoms with Gasteiger partial charge in [-0.05, 0) is 43.0 Å². The van der Waals surface area contributed by atoms with E-state index in [1.807, 2.05) is 6.07 Å². The summed E-state index contributed by atoms with van der Waals surface area (Å²) in [5.74, 6) is 0.176. The molecule has 4 heteroatoms. The van der Waals surface area contributed by atoms with E-state index in [9.17, 15) is 9.50 Å². The highest BCUT2D eigenvalue weighted by molar-refractivity contribution is 9.10. The number of likely N-dealkylation sites (tertiary alicyclic amines) is 1. The number of halogens is 2. The third-order valence-corrected chi connectivity index (χ3v) is 4.01. The van der Waals surface area contributed by atoms with Gasteiger partial charge in [-0.2, -0.15) is 0 Å². The van der Waals surface area contributed by atoms with Gasteiger partial charge in [0.05, 0.1) is 0 Å². The summed E-state index contributed by atoms with van der Waals surface area (Å²) in [6.45, 7) is 3.07. The molecule has 0 aliphatic carbocycles. The van der Waals surface area contributed by atoms with Gasteiger partial charge in [-0.15, -0.1) is 0 Å². The van der Waals surface area contributed by atoms with Gasteiger partial charge in [0.1, 0.15) is 5.82 Å². The van der Waals surface area contributed by atoms with Crippen LogP contribution in [0.5, 0.6) is 0 Å². The van der Waals surface area contributed by atoms with Gasteiger partial charge in [0, 0.05) is 24.2 Å². The molecule has 94 valence electrons. The Morgan fingerprint density at radius 1 is 1.47 bits per heavy atom. The average molecular weight is 302 g/mol. The number of piperidine rings is 1. The number of aliphatic hydroxyl groups excluding tert-OH is 1. The second kappa shape index (κ2) is 5.94. The summed E-state index contributed by atoms with van der Waals surface area (Å²) in [4.78, 5) is 2.32. The Morgan fingerprint density at radius 2 is 2.29 bits per heavy atom. The van der Waals surface area contributed by atoms with Gasteiger partial charge in [-0.3, -0.25) is 4.90 Å². The summed E-state index contributed by atoms with van der Waals surface area (Å²) in [5.41, 5.74) is 1.10. The molecule has 1 aromatic carbocycles. The summed E-state index contributed by atoms with van der Waals surface area (Å²) >= 11 is 3.39. The Hall–Kier alpha value is -0.450. The first-order valence-corrected chi connectivity index (χ1v) is 6.75. The van der Waals surface area contributed by atoms with E-state index < -0.39 is 0 Å². The molecule has 1 saturated heterocycles. The molecule has 0 radical (unpaired) electrons. The third kappa shape index (κ3) is 3.50. The molecule has 1 heterocycles. The molecule has 1 atom stereocenters. The van der Waals surface area contributed by atoms with Gasteiger partial charge in [0.2, 0.25) is 0 Å². The SMILES string of the molecule is OCC1CCCN(Cc2ccc(F)cc2Br)C1. The van der Waals surface area contributed by atoms with E-state index in [1.165, 1.54) is 12.1 Å². The van der Waals surface area contributed by atoms with Crippen LogP contribution < -0.4 is 0 Å². The van der Waals surface area contributed by atoms with Crippen LogP contribution in [-0.4, -0.2) is 29.7 Å². The van der Waals surface area contributed by atoms with Crippen LogP contribution in [0.2, 0.25) is 0 Å². The molecule has 2 nitrogen and oxygen atoms in total. The van der Waals surface area contributed by atoms with E-state index in [-0.39, 0.29) is 12.4 Å². The normalized spacial score (nSPS) is 21.7. The Bertz CT molecular complexity index is 386. The highest BCUT2D eigenvalue weighted by Gasteiger charge is 2.19. The van der Waals surface area contributed by atoms with Crippen molar-refractivity contribution in [2.45, 2.75) is 19.4 Å². The van der Waals surface area contributed by atoms with Gasteiger partial charge in [0.25, 0.3) is 0 Å². The number of benzene rings is 1. The van der Waals surface area contributed by atoms with Crippen LogP contribution in [-0.2, 0) is 6.54 Å². The van der Waals surface area contributed by atoms with E-state index >= 15 is 0 Å². The van der Waals surface area contributed by atoms with Crippen LogP contribution >= 0.6 is 15.9 Å². The summed E-state index contributed by atoms with van der Waals surface area (Å²) in [7, 11) is 0. The number of nitrogens with zero attached hydrogens (tertiary/aromatic N) is 1. The number of rotatable bonds is 3. The summed E-state index contributed by atoms with van der Waals surface area (Å²) in [6.07, 6.45) is 2.24. The van der Waals surface area contributed by atoms with Gasteiger partial charge in [0.15, 0.2) is 0 Å². The largest absolute Gasteiger partial charge is 0.396 e. The van der Waals surface area contributed by atoms with E-state index in [4.69, 9.17) is 0 Å². The molecule has 0 spiro atoms. The molecule has 1 N–H and O–H groups in total. The smallest absolute Gasteiger partial charge is 0.124 e. The van der Waals surface area contributed by atoms with Gasteiger partial charge in [-0.1, -0.05) is 22.0 Å². The Balaban J connectivity index is 2.00. The maximum absolute atomic E-state index is 13.0. The van der Waals surface area contributed by atoms with Crippen LogP contribution in [0.1, 0.15) is 18.4 Å². The van der Waals surface area contributed by atoms with Crippen molar-refractivity contribution in [3.8, 4) is 0 Å². The van der Waals surface area contributed by atoms with Crippen molar-refractivity contribution in [2.24, 2.45) is 5.92 Å². The maximum atomic E-state index is 13.0. The van der Waals surface area contributed by atoms with Gasteiger partial charge in [-0.25, -0.2) is 4.39 Å². The molecule has 1 fully saturated rings. The average Bonchev–Trinajstić information content (AvgIpc) is 2.33. The number of hydrogen-bond donors (Lipinski definition) is 1. The van der Waals surface area contributed by atoms with Crippen LogP contribution in [0.15, 0.2) is 22.7 Å². The number of aliphatic hydroxyl groups is 1. The summed E-state index contributed by atoms with van der Waals surface area (Å²) < 4.78 is 13.8. The molecule has 17 heavy (non-hydrogen) atoms. The van der Waals surface area contributed by atoms with Crippen LogP contribution in [0.3, 0.4) is 0 Å². The highest BCUT2D eigenvalue weighted by atomic mass is 79.9. The third-order valence-electron chi connectivity index (χ3n) is 3.27. The summed E-state index contributed by atoms with van der Waals surface area (Å²) in [6, 6.07) is 4.82. The van der Waals surface area contributed by atoms with Crippen molar-refractivity contribution in [3.63, 3.8) is 0 Å². The molecular formula is C13H17BrFNO. The second-order valence-electron chi connectivity index (χ2n) is 4.66. The first-order valence-electron chi connectivity index (χ1n) is 5.96. The molecule has 2 rings (SSSR count). The van der Waals surface area contributed by atoms with Crippen molar-refractivity contribution < 1.29 is 9.50 Å². The Labute approximate surface area is 110 Å². The standard InChI is InChI=1S/C13H17BrFNO/c14-13-6-12(15)4-3-11(13)8-16-5-1-2-10(7-16)9-17/h3-4,6,10,17H,1-2,5,7-9H2. The minimum absolute atomic E-state index is 0.215. The molecular weight excluding hydrogens is 285 g/mol. The first kappa shape index (κ1) is 13.0. The minimum Gasteiger partial charge on any atom is -0.396 e. The Morgan fingerprint density at radius 3 is 3.00 bits per heavy atom. The molecule has 1 aliphatic rings. The lowest BCUT2D eigenvalue weighted by Crippen LogP contribution is -2.36. The van der Waals surface area contributed by atoms with E-state index in [0.29, 0.717) is 5.92 Å². The quantitative estimate of drug-likeness (QED) is 0.928. The monoisotopic (exact) mass is 301 g/mol. The van der Waals surface area contributed by atoms with E-state index in [2.05, 4.69) is 20.8 Å². The lowest BCUT2D eigenvalue weighted by molar-refractivity contribution is 0.115. The summed E-state index contributed by atoms with van der Waals surface area (Å²) in [5, 5.41) is 9.18. The lowest BCUT2D eigenvalue weighted by atomic mass is 9.98. The second-order valence-corrected chi connectivity index (χ2v) is 5.52. The van der Waals surface area contributed by atoms with Crippen LogP contribution in [0.25, 0.3) is 0 Å². The predicted octanol–water partition coefficient (Wildman–Crippen LogP) is 2.79. The van der Waals surface area contributed by atoms with Crippen LogP contribution in [0, 0.1) is 11.7 Å². The zero-order valence-corrected chi connectivity index (χ0v) is 11.3. The highest BCUT2D eigenvalue weighted by Crippen LogP contribution is 2.23. The van der Waals surface area contributed by atoms with Gasteiger partial charge < -0.3 is 5.11 Å². The van der Waals surface area contributed by atoms with Crippen molar-refractivity contribution in [1.82, 2.24) is 4.90 Å². The van der Waals surface area contributed by atoms with Crippen LogP contribution in [0.4, 0.5) is 4.39 Å². The van der Waals surface area contributed by atoms with Crippen molar-refractivity contribution in [2.75, 3.05) is 19.7 Å². The fourth-order valence-electron chi connectivity index (χ4n) is 2.33. The maximum Gasteiger partial charge on any atom is 0.124 e. The fourth-order valence-corrected chi connectivity index (χ4v) is 2.81. The topological polar surface area (TPSA) is 23.5 Å². The fraction of sp³-hybridized carbons (Fsp3) is 0.538. The van der Waals surface area contributed by atoms with Crippen molar-refractivity contribution in [3.05, 3.63) is 34.1 Å². The zero-order valence-electron chi connectivity index (χ0n) is 9.70. The minimum atomic E-state index is -0.215. The lowest BCUT2D eigenvalue weighted by Gasteiger charge is -2.32. The number of hydrogen-bond acceptors (Lipinski definition) is 2. The van der Waals surface area contributed by atoms with Gasteiger partial charge >= 0.3 is 0 Å². The molecule has 1 aliphatic heterocycles. The Kier molecular flexibility index (Phi) is 4.54. The first-order chi connectivity index (χ1) is 8.19. The molecule has 1 unspecified atom stereocenters. The molecule has 1 aromatic rings. The van der Waals surface area contributed by atoms with Crippen molar-refractivity contribution >= 4 is 15.9 Å². The predicted molar refractivity (Wildman–Crippen MR) is 69.2 cm³/mol. The molecule has 0 bridgehead atoms. The molecule has 0 aromatic heterocycles.